The number of hydrogen-bond acceptors (Lipinski definition) is 3. The quantitative estimate of drug-likeness (QED) is 0.818. The van der Waals surface area contributed by atoms with E-state index < -0.39 is 5.60 Å². The van der Waals surface area contributed by atoms with E-state index in [-0.39, 0.29) is 12.4 Å². The third kappa shape index (κ3) is 4.82. The van der Waals surface area contributed by atoms with E-state index in [9.17, 15) is 9.50 Å². The van der Waals surface area contributed by atoms with Crippen molar-refractivity contribution < 1.29 is 9.50 Å². The number of hydrogen-bond donors (Lipinski definition) is 2. The molecule has 3 nitrogen and oxygen atoms in total. The van der Waals surface area contributed by atoms with Crippen molar-refractivity contribution in [2.45, 2.75) is 38.3 Å². The van der Waals surface area contributed by atoms with Crippen LogP contribution in [0.15, 0.2) is 18.2 Å². The lowest BCUT2D eigenvalue weighted by atomic mass is 9.98. The van der Waals surface area contributed by atoms with Crippen LogP contribution in [-0.4, -0.2) is 35.2 Å². The molecular weight excluding hydrogens is 267 g/mol. The molecule has 0 amide bonds. The predicted molar refractivity (Wildman–Crippen MR) is 82.1 cm³/mol. The summed E-state index contributed by atoms with van der Waals surface area (Å²) in [5.41, 5.74) is 6.21. The second kappa shape index (κ2) is 7.04. The minimum Gasteiger partial charge on any atom is -0.390 e. The first-order valence-corrected chi connectivity index (χ1v) is 7.42. The fourth-order valence-electron chi connectivity index (χ4n) is 2.65. The predicted octanol–water partition coefficient (Wildman–Crippen LogP) is 1.87. The Bertz CT molecular complexity index is 545. The van der Waals surface area contributed by atoms with Crippen LogP contribution >= 0.6 is 0 Å². The van der Waals surface area contributed by atoms with Crippen LogP contribution in [0.1, 0.15) is 37.3 Å². The summed E-state index contributed by atoms with van der Waals surface area (Å²) in [4.78, 5) is 2.30. The number of benzene rings is 1. The van der Waals surface area contributed by atoms with Crippen LogP contribution < -0.4 is 5.73 Å². The van der Waals surface area contributed by atoms with Crippen LogP contribution in [0.25, 0.3) is 0 Å². The van der Waals surface area contributed by atoms with Crippen LogP contribution in [0.3, 0.4) is 0 Å². The molecule has 114 valence electrons. The Hall–Kier alpha value is -1.41. The molecule has 0 aliphatic carbocycles. The van der Waals surface area contributed by atoms with Gasteiger partial charge in [0.05, 0.1) is 17.7 Å². The maximum atomic E-state index is 13.6. The van der Waals surface area contributed by atoms with E-state index in [0.717, 1.165) is 44.5 Å². The standard InChI is InChI=1S/C17H23FN2O/c1-17(21)7-3-10-20(11-8-17)13-14-5-6-16(18)15(12-14)4-2-9-19/h5-6,12,21H,3,7-11,13,19H2,1H3. The van der Waals surface area contributed by atoms with Gasteiger partial charge in [0, 0.05) is 13.1 Å². The first kappa shape index (κ1) is 16.0. The maximum Gasteiger partial charge on any atom is 0.138 e. The van der Waals surface area contributed by atoms with Gasteiger partial charge in [0.1, 0.15) is 5.82 Å². The molecule has 2 rings (SSSR count). The van der Waals surface area contributed by atoms with E-state index in [0.29, 0.717) is 5.56 Å². The van der Waals surface area contributed by atoms with Crippen molar-refractivity contribution in [1.29, 1.82) is 0 Å². The van der Waals surface area contributed by atoms with Crippen molar-refractivity contribution in [2.75, 3.05) is 19.6 Å². The van der Waals surface area contributed by atoms with E-state index in [1.807, 2.05) is 6.92 Å². The highest BCUT2D eigenvalue weighted by Crippen LogP contribution is 2.22. The third-order valence-corrected chi connectivity index (χ3v) is 3.92. The zero-order chi connectivity index (χ0) is 15.3. The molecule has 0 spiro atoms. The van der Waals surface area contributed by atoms with E-state index in [1.165, 1.54) is 6.07 Å². The fourth-order valence-corrected chi connectivity index (χ4v) is 2.65. The molecule has 0 aromatic heterocycles. The summed E-state index contributed by atoms with van der Waals surface area (Å²) in [5.74, 6) is 5.15. The number of halogens is 1. The average Bonchev–Trinajstić information content (AvgIpc) is 2.61. The van der Waals surface area contributed by atoms with Crippen molar-refractivity contribution in [3.63, 3.8) is 0 Å². The molecule has 4 heteroatoms. The fraction of sp³-hybridized carbons (Fsp3) is 0.529. The molecule has 21 heavy (non-hydrogen) atoms. The smallest absolute Gasteiger partial charge is 0.138 e. The highest BCUT2D eigenvalue weighted by molar-refractivity contribution is 5.38. The summed E-state index contributed by atoms with van der Waals surface area (Å²) < 4.78 is 13.6. The summed E-state index contributed by atoms with van der Waals surface area (Å²) in [6.07, 6.45) is 2.59. The van der Waals surface area contributed by atoms with Crippen molar-refractivity contribution in [3.05, 3.63) is 35.1 Å². The van der Waals surface area contributed by atoms with E-state index in [2.05, 4.69) is 16.7 Å². The summed E-state index contributed by atoms with van der Waals surface area (Å²) in [6.45, 7) is 4.69. The minimum atomic E-state index is -0.560. The third-order valence-electron chi connectivity index (χ3n) is 3.92. The van der Waals surface area contributed by atoms with Crippen LogP contribution in [0.4, 0.5) is 4.39 Å². The first-order valence-electron chi connectivity index (χ1n) is 7.42. The van der Waals surface area contributed by atoms with E-state index in [4.69, 9.17) is 5.73 Å². The Kier molecular flexibility index (Phi) is 5.35. The molecule has 1 fully saturated rings. The molecule has 1 aliphatic heterocycles. The van der Waals surface area contributed by atoms with Crippen LogP contribution in [0, 0.1) is 17.7 Å². The number of nitrogens with two attached hydrogens (primary N) is 1. The molecule has 1 aliphatic rings. The number of rotatable bonds is 2. The molecule has 1 unspecified atom stereocenters. The first-order chi connectivity index (χ1) is 10.00. The van der Waals surface area contributed by atoms with Crippen molar-refractivity contribution in [2.24, 2.45) is 5.73 Å². The summed E-state index contributed by atoms with van der Waals surface area (Å²) >= 11 is 0. The molecule has 3 N–H and O–H groups in total. The number of likely N-dealkylation sites (tertiary alicyclic amines) is 1. The molecule has 1 aromatic carbocycles. The Balaban J connectivity index is 2.06. The molecular formula is C17H23FN2O. The van der Waals surface area contributed by atoms with Gasteiger partial charge in [0.25, 0.3) is 0 Å². The second-order valence-corrected chi connectivity index (χ2v) is 5.95. The summed E-state index contributed by atoms with van der Waals surface area (Å²) in [5, 5.41) is 10.1. The Morgan fingerprint density at radius 3 is 2.95 bits per heavy atom. The minimum absolute atomic E-state index is 0.227. The van der Waals surface area contributed by atoms with Gasteiger partial charge < -0.3 is 10.8 Å². The van der Waals surface area contributed by atoms with E-state index in [1.54, 1.807) is 12.1 Å². The molecule has 0 bridgehead atoms. The van der Waals surface area contributed by atoms with Crippen LogP contribution in [0.5, 0.6) is 0 Å². The van der Waals surface area contributed by atoms with Crippen molar-refractivity contribution in [1.82, 2.24) is 4.90 Å². The van der Waals surface area contributed by atoms with Gasteiger partial charge in [-0.1, -0.05) is 17.9 Å². The maximum absolute atomic E-state index is 13.6. The molecule has 1 saturated heterocycles. The Labute approximate surface area is 125 Å². The van der Waals surface area contributed by atoms with Crippen LogP contribution in [-0.2, 0) is 6.54 Å². The Morgan fingerprint density at radius 2 is 2.19 bits per heavy atom. The van der Waals surface area contributed by atoms with Crippen molar-refractivity contribution >= 4 is 0 Å². The lowest BCUT2D eigenvalue weighted by molar-refractivity contribution is 0.0444. The second-order valence-electron chi connectivity index (χ2n) is 5.95. The monoisotopic (exact) mass is 290 g/mol. The normalized spacial score (nSPS) is 23.2. The summed E-state index contributed by atoms with van der Waals surface area (Å²) in [7, 11) is 0. The zero-order valence-corrected chi connectivity index (χ0v) is 12.5. The van der Waals surface area contributed by atoms with Crippen molar-refractivity contribution in [3.8, 4) is 11.8 Å². The highest BCUT2D eigenvalue weighted by atomic mass is 19.1. The van der Waals surface area contributed by atoms with Gasteiger partial charge >= 0.3 is 0 Å². The average molecular weight is 290 g/mol. The summed E-state index contributed by atoms with van der Waals surface area (Å²) in [6, 6.07) is 5.05. The van der Waals surface area contributed by atoms with Gasteiger partial charge in [-0.05, 0) is 50.4 Å². The topological polar surface area (TPSA) is 49.5 Å². The lowest BCUT2D eigenvalue weighted by Crippen LogP contribution is -2.28. The van der Waals surface area contributed by atoms with Gasteiger partial charge in [-0.2, -0.15) is 0 Å². The highest BCUT2D eigenvalue weighted by Gasteiger charge is 2.24. The molecule has 1 heterocycles. The molecule has 1 aromatic rings. The number of aliphatic hydroxyl groups is 1. The SMILES string of the molecule is CC1(O)CCCN(Cc2ccc(F)c(C#CCN)c2)CC1. The molecule has 0 radical (unpaired) electrons. The lowest BCUT2D eigenvalue weighted by Gasteiger charge is -2.22. The Morgan fingerprint density at radius 1 is 1.38 bits per heavy atom. The van der Waals surface area contributed by atoms with Gasteiger partial charge in [0.15, 0.2) is 0 Å². The van der Waals surface area contributed by atoms with Gasteiger partial charge in [-0.15, -0.1) is 0 Å². The van der Waals surface area contributed by atoms with Gasteiger partial charge in [-0.3, -0.25) is 4.90 Å². The molecule has 0 saturated carbocycles. The molecule has 1 atom stereocenters. The zero-order valence-electron chi connectivity index (χ0n) is 12.5. The van der Waals surface area contributed by atoms with Gasteiger partial charge in [0.2, 0.25) is 0 Å². The number of nitrogens with zero attached hydrogens (tertiary/aromatic N) is 1. The largest absolute Gasteiger partial charge is 0.390 e. The van der Waals surface area contributed by atoms with E-state index >= 15 is 0 Å². The van der Waals surface area contributed by atoms with Gasteiger partial charge in [-0.25, -0.2) is 4.39 Å². The van der Waals surface area contributed by atoms with Crippen LogP contribution in [0.2, 0.25) is 0 Å².